The van der Waals surface area contributed by atoms with Gasteiger partial charge in [0.2, 0.25) is 5.88 Å². The van der Waals surface area contributed by atoms with Gasteiger partial charge in [0, 0.05) is 31.4 Å². The number of nitrogens with zero attached hydrogens (tertiary/aromatic N) is 2. The van der Waals surface area contributed by atoms with Gasteiger partial charge >= 0.3 is 6.03 Å². The maximum atomic E-state index is 11.7. The van der Waals surface area contributed by atoms with Gasteiger partial charge in [-0.05, 0) is 56.5 Å². The fraction of sp³-hybridized carbons (Fsp3) is 0.619. The van der Waals surface area contributed by atoms with E-state index in [1.807, 2.05) is 25.1 Å². The second-order valence-electron chi connectivity index (χ2n) is 7.51. The molecule has 2 N–H and O–H groups in total. The van der Waals surface area contributed by atoms with Crippen molar-refractivity contribution in [3.63, 3.8) is 0 Å². The number of rotatable bonds is 9. The Morgan fingerprint density at radius 3 is 2.78 bits per heavy atom. The van der Waals surface area contributed by atoms with Crippen molar-refractivity contribution in [1.29, 1.82) is 0 Å². The van der Waals surface area contributed by atoms with Crippen LogP contribution in [-0.4, -0.2) is 48.2 Å². The summed E-state index contributed by atoms with van der Waals surface area (Å²) in [6.45, 7) is 10.4. The maximum Gasteiger partial charge on any atom is 0.315 e. The summed E-state index contributed by atoms with van der Waals surface area (Å²) in [5.74, 6) is 1.06. The van der Waals surface area contributed by atoms with Gasteiger partial charge in [-0.1, -0.05) is 26.3 Å². The second-order valence-corrected chi connectivity index (χ2v) is 7.51. The maximum absolute atomic E-state index is 11.7. The fourth-order valence-corrected chi connectivity index (χ4v) is 2.86. The summed E-state index contributed by atoms with van der Waals surface area (Å²) in [5.41, 5.74) is 1.24. The summed E-state index contributed by atoms with van der Waals surface area (Å²) in [7, 11) is 0. The molecule has 0 aromatic carbocycles. The van der Waals surface area contributed by atoms with E-state index < -0.39 is 0 Å². The van der Waals surface area contributed by atoms with Crippen LogP contribution in [0.25, 0.3) is 0 Å². The van der Waals surface area contributed by atoms with Crippen molar-refractivity contribution >= 4 is 6.03 Å². The zero-order chi connectivity index (χ0) is 19.5. The van der Waals surface area contributed by atoms with Crippen LogP contribution in [0.3, 0.4) is 0 Å². The highest BCUT2D eigenvalue weighted by molar-refractivity contribution is 5.74. The third-order valence-electron chi connectivity index (χ3n) is 4.89. The van der Waals surface area contributed by atoms with E-state index in [1.54, 1.807) is 6.20 Å². The lowest BCUT2D eigenvalue weighted by molar-refractivity contribution is 0.220. The number of aromatic nitrogens is 1. The molecule has 2 rings (SSSR count). The molecule has 0 spiro atoms. The van der Waals surface area contributed by atoms with E-state index in [9.17, 15) is 4.79 Å². The summed E-state index contributed by atoms with van der Waals surface area (Å²) < 4.78 is 5.69. The highest BCUT2D eigenvalue weighted by Gasteiger charge is 2.11. The number of nitrogens with one attached hydrogen (secondary N) is 2. The van der Waals surface area contributed by atoms with Crippen LogP contribution in [-0.2, 0) is 6.54 Å². The van der Waals surface area contributed by atoms with Crippen molar-refractivity contribution in [3.05, 3.63) is 36.0 Å². The van der Waals surface area contributed by atoms with Crippen LogP contribution in [0, 0.1) is 5.92 Å². The molecule has 0 saturated carbocycles. The topological polar surface area (TPSA) is 66.5 Å². The summed E-state index contributed by atoms with van der Waals surface area (Å²) in [4.78, 5) is 18.5. The number of carbonyl (C=O) groups is 1. The molecule has 27 heavy (non-hydrogen) atoms. The predicted octanol–water partition coefficient (Wildman–Crippen LogP) is 3.35. The van der Waals surface area contributed by atoms with Crippen LogP contribution >= 0.6 is 0 Å². The van der Waals surface area contributed by atoms with Gasteiger partial charge in [-0.2, -0.15) is 0 Å². The number of pyridine rings is 1. The average Bonchev–Trinajstić information content (AvgIpc) is 2.65. The summed E-state index contributed by atoms with van der Waals surface area (Å²) in [6.07, 6.45) is 9.52. The van der Waals surface area contributed by atoms with Crippen LogP contribution in [0.4, 0.5) is 4.79 Å². The number of likely N-dealkylation sites (tertiary alicyclic amines) is 1. The first-order valence-electron chi connectivity index (χ1n) is 10.0. The Kier molecular flexibility index (Phi) is 9.11. The lowest BCUT2D eigenvalue weighted by Gasteiger charge is -2.26. The number of carbonyl (C=O) groups excluding carboxylic acids is 1. The van der Waals surface area contributed by atoms with E-state index in [0.717, 1.165) is 6.54 Å². The van der Waals surface area contributed by atoms with E-state index in [-0.39, 0.29) is 12.1 Å². The minimum absolute atomic E-state index is 0.145. The standard InChI is InChI=1S/C21H34N4O2/c1-17(2)18(3)24-21(26)23-10-5-8-14-27-20-15-19(9-11-22-20)16-25-12-6-4-7-13-25/h5,8-9,11,15,17-18H,4,6-7,10,12-14,16H2,1-3H3,(H2,23,24,26)/b8-5-. The molecule has 0 radical (unpaired) electrons. The zero-order valence-corrected chi connectivity index (χ0v) is 16.9. The molecule has 0 aliphatic carbocycles. The Balaban J connectivity index is 1.65. The van der Waals surface area contributed by atoms with Gasteiger partial charge < -0.3 is 15.4 Å². The molecule has 1 saturated heterocycles. The van der Waals surface area contributed by atoms with Gasteiger partial charge in [0.15, 0.2) is 0 Å². The number of urea groups is 1. The van der Waals surface area contributed by atoms with Crippen LogP contribution in [0.2, 0.25) is 0 Å². The molecule has 2 amide bonds. The van der Waals surface area contributed by atoms with Crippen molar-refractivity contribution in [2.75, 3.05) is 26.2 Å². The van der Waals surface area contributed by atoms with Gasteiger partial charge in [-0.15, -0.1) is 0 Å². The largest absolute Gasteiger partial charge is 0.473 e. The van der Waals surface area contributed by atoms with Gasteiger partial charge in [0.1, 0.15) is 6.61 Å². The lowest BCUT2D eigenvalue weighted by atomic mass is 10.1. The van der Waals surface area contributed by atoms with Crippen LogP contribution in [0.5, 0.6) is 5.88 Å². The van der Waals surface area contributed by atoms with Crippen LogP contribution in [0.1, 0.15) is 45.6 Å². The van der Waals surface area contributed by atoms with E-state index in [1.165, 1.54) is 37.9 Å². The highest BCUT2D eigenvalue weighted by Crippen LogP contribution is 2.15. The van der Waals surface area contributed by atoms with E-state index in [0.29, 0.717) is 24.9 Å². The van der Waals surface area contributed by atoms with Crippen molar-refractivity contribution in [2.24, 2.45) is 5.92 Å². The van der Waals surface area contributed by atoms with E-state index >= 15 is 0 Å². The van der Waals surface area contributed by atoms with Crippen molar-refractivity contribution in [2.45, 2.75) is 52.6 Å². The minimum Gasteiger partial charge on any atom is -0.473 e. The molecular weight excluding hydrogens is 340 g/mol. The number of hydrogen-bond donors (Lipinski definition) is 2. The smallest absolute Gasteiger partial charge is 0.315 e. The quantitative estimate of drug-likeness (QED) is 0.651. The normalized spacial score (nSPS) is 16.4. The Bertz CT molecular complexity index is 598. The average molecular weight is 375 g/mol. The molecule has 1 fully saturated rings. The molecular formula is C21H34N4O2. The first-order valence-corrected chi connectivity index (χ1v) is 10.0. The molecule has 2 heterocycles. The van der Waals surface area contributed by atoms with Gasteiger partial charge in [0.25, 0.3) is 0 Å². The van der Waals surface area contributed by atoms with Crippen molar-refractivity contribution < 1.29 is 9.53 Å². The van der Waals surface area contributed by atoms with Crippen LogP contribution in [0.15, 0.2) is 30.5 Å². The fourth-order valence-electron chi connectivity index (χ4n) is 2.86. The van der Waals surface area contributed by atoms with Crippen molar-refractivity contribution in [1.82, 2.24) is 20.5 Å². The molecule has 1 aliphatic heterocycles. The molecule has 1 atom stereocenters. The summed E-state index contributed by atoms with van der Waals surface area (Å²) in [5, 5.41) is 5.71. The molecule has 6 heteroatoms. The number of ether oxygens (including phenoxy) is 1. The monoisotopic (exact) mass is 374 g/mol. The SMILES string of the molecule is CC(C)C(C)NC(=O)NC/C=C\COc1cc(CN2CCCCC2)ccn1. The Labute approximate surface area is 163 Å². The second kappa shape index (κ2) is 11.6. The van der Waals surface area contributed by atoms with Gasteiger partial charge in [0.05, 0.1) is 0 Å². The Morgan fingerprint density at radius 2 is 2.04 bits per heavy atom. The van der Waals surface area contributed by atoms with E-state index in [2.05, 4.69) is 40.4 Å². The first kappa shape index (κ1) is 21.2. The third kappa shape index (κ3) is 8.43. The van der Waals surface area contributed by atoms with E-state index in [4.69, 9.17) is 4.74 Å². The molecule has 1 unspecified atom stereocenters. The summed E-state index contributed by atoms with van der Waals surface area (Å²) >= 11 is 0. The Hall–Kier alpha value is -2.08. The third-order valence-corrected chi connectivity index (χ3v) is 4.89. The molecule has 1 aliphatic rings. The molecule has 1 aromatic heterocycles. The van der Waals surface area contributed by atoms with Crippen LogP contribution < -0.4 is 15.4 Å². The highest BCUT2D eigenvalue weighted by atomic mass is 16.5. The molecule has 0 bridgehead atoms. The molecule has 150 valence electrons. The number of piperidine rings is 1. The van der Waals surface area contributed by atoms with Crippen molar-refractivity contribution in [3.8, 4) is 5.88 Å². The Morgan fingerprint density at radius 1 is 1.26 bits per heavy atom. The number of amides is 2. The lowest BCUT2D eigenvalue weighted by Crippen LogP contribution is -2.42. The number of hydrogen-bond acceptors (Lipinski definition) is 4. The summed E-state index contributed by atoms with van der Waals surface area (Å²) in [6, 6.07) is 4.08. The molecule has 1 aromatic rings. The first-order chi connectivity index (χ1) is 13.0. The van der Waals surface area contributed by atoms with Gasteiger partial charge in [-0.3, -0.25) is 4.90 Å². The minimum atomic E-state index is -0.145. The molecule has 6 nitrogen and oxygen atoms in total. The zero-order valence-electron chi connectivity index (χ0n) is 16.9. The predicted molar refractivity (Wildman–Crippen MR) is 109 cm³/mol. The van der Waals surface area contributed by atoms with Gasteiger partial charge in [-0.25, -0.2) is 9.78 Å².